The summed E-state index contributed by atoms with van der Waals surface area (Å²) in [5, 5.41) is 4.26. The van der Waals surface area contributed by atoms with E-state index in [1.165, 1.54) is 4.90 Å². The molecule has 0 amide bonds. The van der Waals surface area contributed by atoms with Gasteiger partial charge in [-0.1, -0.05) is 6.92 Å². The predicted molar refractivity (Wildman–Crippen MR) is 67.0 cm³/mol. The molecule has 0 aliphatic rings. The van der Waals surface area contributed by atoms with Gasteiger partial charge in [0, 0.05) is 29.7 Å². The van der Waals surface area contributed by atoms with Gasteiger partial charge in [-0.3, -0.25) is 0 Å². The van der Waals surface area contributed by atoms with E-state index in [1.54, 1.807) is 18.4 Å². The fraction of sp³-hybridized carbons (Fsp3) is 0.636. The Bertz CT molecular complexity index is 237. The van der Waals surface area contributed by atoms with Gasteiger partial charge in [-0.15, -0.1) is 11.8 Å². The highest BCUT2D eigenvalue weighted by atomic mass is 32.2. The molecule has 1 heterocycles. The van der Waals surface area contributed by atoms with Gasteiger partial charge in [-0.2, -0.15) is 11.3 Å². The van der Waals surface area contributed by atoms with Gasteiger partial charge in [0.2, 0.25) is 0 Å². The SMILES string of the molecule is CCCOC(COC)CSc1ccsc1. The Kier molecular flexibility index (Phi) is 7.09. The van der Waals surface area contributed by atoms with Crippen molar-refractivity contribution in [2.75, 3.05) is 26.1 Å². The van der Waals surface area contributed by atoms with Crippen LogP contribution in [-0.2, 0) is 9.47 Å². The average Bonchev–Trinajstić information content (AvgIpc) is 2.75. The molecular weight excluding hydrogens is 228 g/mol. The zero-order valence-corrected chi connectivity index (χ0v) is 10.9. The predicted octanol–water partition coefficient (Wildman–Crippen LogP) is 3.28. The van der Waals surface area contributed by atoms with Crippen LogP contribution >= 0.6 is 23.1 Å². The summed E-state index contributed by atoms with van der Waals surface area (Å²) < 4.78 is 10.8. The van der Waals surface area contributed by atoms with Crippen molar-refractivity contribution in [2.24, 2.45) is 0 Å². The van der Waals surface area contributed by atoms with Crippen molar-refractivity contribution in [2.45, 2.75) is 24.3 Å². The molecule has 1 aromatic rings. The third kappa shape index (κ3) is 5.56. The van der Waals surface area contributed by atoms with Gasteiger partial charge < -0.3 is 9.47 Å². The standard InChI is InChI=1S/C11H18O2S2/c1-3-5-13-10(7-12-2)8-15-11-4-6-14-9-11/h4,6,9-10H,3,5,7-8H2,1-2H3. The summed E-state index contributed by atoms with van der Waals surface area (Å²) in [7, 11) is 1.72. The van der Waals surface area contributed by atoms with Crippen LogP contribution in [0.4, 0.5) is 0 Å². The zero-order chi connectivity index (χ0) is 10.9. The van der Waals surface area contributed by atoms with E-state index in [0.29, 0.717) is 6.61 Å². The van der Waals surface area contributed by atoms with Crippen LogP contribution in [0.15, 0.2) is 21.7 Å². The van der Waals surface area contributed by atoms with Crippen LogP contribution in [0.3, 0.4) is 0 Å². The molecular formula is C11H18O2S2. The fourth-order valence-electron chi connectivity index (χ4n) is 1.14. The van der Waals surface area contributed by atoms with Crippen LogP contribution in [-0.4, -0.2) is 32.2 Å². The first-order chi connectivity index (χ1) is 7.36. The van der Waals surface area contributed by atoms with Crippen molar-refractivity contribution in [1.82, 2.24) is 0 Å². The third-order valence-electron chi connectivity index (χ3n) is 1.84. The monoisotopic (exact) mass is 246 g/mol. The molecule has 86 valence electrons. The molecule has 0 saturated carbocycles. The summed E-state index contributed by atoms with van der Waals surface area (Å²) in [6, 6.07) is 2.14. The molecule has 1 rings (SSSR count). The van der Waals surface area contributed by atoms with Gasteiger partial charge in [0.1, 0.15) is 0 Å². The Hall–Kier alpha value is -0.0300. The first-order valence-corrected chi connectivity index (χ1v) is 7.05. The molecule has 0 bridgehead atoms. The van der Waals surface area contributed by atoms with Gasteiger partial charge in [-0.25, -0.2) is 0 Å². The van der Waals surface area contributed by atoms with E-state index in [-0.39, 0.29) is 6.10 Å². The summed E-state index contributed by atoms with van der Waals surface area (Å²) in [5.74, 6) is 0.963. The second kappa shape index (κ2) is 8.16. The van der Waals surface area contributed by atoms with E-state index < -0.39 is 0 Å². The molecule has 0 aliphatic heterocycles. The van der Waals surface area contributed by atoms with Crippen LogP contribution < -0.4 is 0 Å². The lowest BCUT2D eigenvalue weighted by atomic mass is 10.4. The van der Waals surface area contributed by atoms with E-state index in [2.05, 4.69) is 23.8 Å². The highest BCUT2D eigenvalue weighted by Crippen LogP contribution is 2.22. The Morgan fingerprint density at radius 1 is 1.53 bits per heavy atom. The molecule has 0 saturated heterocycles. The topological polar surface area (TPSA) is 18.5 Å². The Morgan fingerprint density at radius 3 is 3.00 bits per heavy atom. The molecule has 0 fully saturated rings. The Balaban J connectivity index is 2.24. The number of hydrogen-bond acceptors (Lipinski definition) is 4. The lowest BCUT2D eigenvalue weighted by Crippen LogP contribution is -2.22. The average molecular weight is 246 g/mol. The molecule has 0 spiro atoms. The van der Waals surface area contributed by atoms with Crippen molar-refractivity contribution in [3.8, 4) is 0 Å². The lowest BCUT2D eigenvalue weighted by molar-refractivity contribution is 0.0123. The zero-order valence-electron chi connectivity index (χ0n) is 9.27. The maximum absolute atomic E-state index is 5.69. The molecule has 1 atom stereocenters. The molecule has 0 aromatic carbocycles. The minimum Gasteiger partial charge on any atom is -0.382 e. The highest BCUT2D eigenvalue weighted by Gasteiger charge is 2.09. The van der Waals surface area contributed by atoms with Crippen LogP contribution in [0.1, 0.15) is 13.3 Å². The van der Waals surface area contributed by atoms with Crippen molar-refractivity contribution in [1.29, 1.82) is 0 Å². The molecule has 0 aliphatic carbocycles. The van der Waals surface area contributed by atoms with E-state index >= 15 is 0 Å². The second-order valence-electron chi connectivity index (χ2n) is 3.22. The van der Waals surface area contributed by atoms with Gasteiger partial charge in [0.05, 0.1) is 12.7 Å². The van der Waals surface area contributed by atoms with E-state index in [9.17, 15) is 0 Å². The van der Waals surface area contributed by atoms with Crippen molar-refractivity contribution >= 4 is 23.1 Å². The number of ether oxygens (including phenoxy) is 2. The molecule has 2 nitrogen and oxygen atoms in total. The van der Waals surface area contributed by atoms with Crippen LogP contribution in [0, 0.1) is 0 Å². The van der Waals surface area contributed by atoms with Gasteiger partial charge >= 0.3 is 0 Å². The summed E-state index contributed by atoms with van der Waals surface area (Å²) in [4.78, 5) is 1.32. The third-order valence-corrected chi connectivity index (χ3v) is 3.80. The second-order valence-corrected chi connectivity index (χ2v) is 5.09. The maximum Gasteiger partial charge on any atom is 0.0901 e. The first kappa shape index (κ1) is 13.0. The Morgan fingerprint density at radius 2 is 2.40 bits per heavy atom. The van der Waals surface area contributed by atoms with E-state index in [0.717, 1.165) is 18.8 Å². The van der Waals surface area contributed by atoms with Crippen LogP contribution in [0.2, 0.25) is 0 Å². The smallest absolute Gasteiger partial charge is 0.0901 e. The maximum atomic E-state index is 5.69. The van der Waals surface area contributed by atoms with Crippen LogP contribution in [0.25, 0.3) is 0 Å². The molecule has 0 radical (unpaired) electrons. The minimum absolute atomic E-state index is 0.208. The largest absolute Gasteiger partial charge is 0.382 e. The lowest BCUT2D eigenvalue weighted by Gasteiger charge is -2.15. The summed E-state index contributed by atoms with van der Waals surface area (Å²) in [5.41, 5.74) is 0. The fourth-order valence-corrected chi connectivity index (χ4v) is 2.91. The number of thioether (sulfide) groups is 1. The molecule has 1 aromatic heterocycles. The first-order valence-electron chi connectivity index (χ1n) is 5.12. The van der Waals surface area contributed by atoms with E-state index in [4.69, 9.17) is 9.47 Å². The number of methoxy groups -OCH3 is 1. The number of hydrogen-bond donors (Lipinski definition) is 0. The Labute approximate surface area is 100.0 Å². The number of thiophene rings is 1. The highest BCUT2D eigenvalue weighted by molar-refractivity contribution is 7.99. The van der Waals surface area contributed by atoms with E-state index in [1.807, 2.05) is 11.8 Å². The summed E-state index contributed by atoms with van der Waals surface area (Å²) >= 11 is 3.56. The van der Waals surface area contributed by atoms with Crippen molar-refractivity contribution in [3.63, 3.8) is 0 Å². The minimum atomic E-state index is 0.208. The van der Waals surface area contributed by atoms with Gasteiger partial charge in [0.15, 0.2) is 0 Å². The van der Waals surface area contributed by atoms with Crippen molar-refractivity contribution < 1.29 is 9.47 Å². The molecule has 15 heavy (non-hydrogen) atoms. The van der Waals surface area contributed by atoms with Gasteiger partial charge in [-0.05, 0) is 17.9 Å². The summed E-state index contributed by atoms with van der Waals surface area (Å²) in [6.45, 7) is 3.62. The molecule has 4 heteroatoms. The number of rotatable bonds is 8. The molecule has 1 unspecified atom stereocenters. The quantitative estimate of drug-likeness (QED) is 0.656. The van der Waals surface area contributed by atoms with Crippen molar-refractivity contribution in [3.05, 3.63) is 16.8 Å². The molecule has 0 N–H and O–H groups in total. The normalized spacial score (nSPS) is 12.9. The summed E-state index contributed by atoms with van der Waals surface area (Å²) in [6.07, 6.45) is 1.27. The van der Waals surface area contributed by atoms with Gasteiger partial charge in [0.25, 0.3) is 0 Å². The van der Waals surface area contributed by atoms with Crippen LogP contribution in [0.5, 0.6) is 0 Å².